The van der Waals surface area contributed by atoms with Gasteiger partial charge in [0.2, 0.25) is 5.82 Å². The smallest absolute Gasteiger partial charge is 0.203 e. The van der Waals surface area contributed by atoms with Crippen molar-refractivity contribution in [1.29, 1.82) is 5.53 Å². The Hall–Kier alpha value is -2.50. The lowest BCUT2D eigenvalue weighted by Gasteiger charge is -2.02. The summed E-state index contributed by atoms with van der Waals surface area (Å²) < 4.78 is 2.05. The van der Waals surface area contributed by atoms with Crippen LogP contribution in [0.25, 0.3) is 11.4 Å². The van der Waals surface area contributed by atoms with Crippen molar-refractivity contribution >= 4 is 17.7 Å². The molecule has 0 atom stereocenters. The molecule has 2 aromatic heterocycles. The van der Waals surface area contributed by atoms with E-state index in [0.717, 1.165) is 18.5 Å². The molecule has 0 aliphatic heterocycles. The zero-order chi connectivity index (χ0) is 14.4. The van der Waals surface area contributed by atoms with Gasteiger partial charge >= 0.3 is 0 Å². The summed E-state index contributed by atoms with van der Waals surface area (Å²) in [4.78, 5) is 12.8. The minimum atomic E-state index is 0.284. The third-order valence-electron chi connectivity index (χ3n) is 2.78. The standard InChI is InChI=1S/C14H17N6/c1-3-7-16-12-10-17-13(18-14(12)19-15)11-5-8-20(4-2)9-6-11/h5-10,15H,3-4H2,1-2H3/q+1. The molecule has 0 aliphatic carbocycles. The lowest BCUT2D eigenvalue weighted by atomic mass is 10.2. The van der Waals surface area contributed by atoms with Crippen LogP contribution < -0.4 is 4.57 Å². The van der Waals surface area contributed by atoms with Crippen LogP contribution >= 0.6 is 0 Å². The summed E-state index contributed by atoms with van der Waals surface area (Å²) in [5.74, 6) is 0.835. The van der Waals surface area contributed by atoms with Crippen LogP contribution in [0.15, 0.2) is 40.8 Å². The van der Waals surface area contributed by atoms with Crippen LogP contribution in [-0.2, 0) is 6.54 Å². The van der Waals surface area contributed by atoms with Crippen LogP contribution in [-0.4, -0.2) is 16.2 Å². The summed E-state index contributed by atoms with van der Waals surface area (Å²) in [5.41, 5.74) is 8.61. The number of aromatic nitrogens is 3. The lowest BCUT2D eigenvalue weighted by Crippen LogP contribution is -2.30. The van der Waals surface area contributed by atoms with E-state index >= 15 is 0 Å². The molecule has 0 aliphatic rings. The first-order valence-corrected chi connectivity index (χ1v) is 6.55. The van der Waals surface area contributed by atoms with Crippen molar-refractivity contribution in [2.45, 2.75) is 26.8 Å². The quantitative estimate of drug-likeness (QED) is 0.514. The summed E-state index contributed by atoms with van der Waals surface area (Å²) in [6.07, 6.45) is 8.11. The van der Waals surface area contributed by atoms with Crippen LogP contribution in [0.1, 0.15) is 20.3 Å². The van der Waals surface area contributed by atoms with Crippen molar-refractivity contribution in [1.82, 2.24) is 9.97 Å². The number of pyridine rings is 1. The molecule has 0 saturated carbocycles. The lowest BCUT2D eigenvalue weighted by molar-refractivity contribution is -0.693. The van der Waals surface area contributed by atoms with Crippen molar-refractivity contribution < 1.29 is 4.57 Å². The maximum atomic E-state index is 7.20. The van der Waals surface area contributed by atoms with Gasteiger partial charge in [-0.2, -0.15) is 0 Å². The first-order chi connectivity index (χ1) is 9.78. The molecule has 0 spiro atoms. The predicted octanol–water partition coefficient (Wildman–Crippen LogP) is 3.23. The fraction of sp³-hybridized carbons (Fsp3) is 0.286. The Morgan fingerprint density at radius 3 is 2.65 bits per heavy atom. The van der Waals surface area contributed by atoms with Gasteiger partial charge in [0.1, 0.15) is 12.2 Å². The molecule has 6 heteroatoms. The molecule has 2 rings (SSSR count). The zero-order valence-electron chi connectivity index (χ0n) is 11.6. The topological polar surface area (TPSA) is 78.2 Å². The predicted molar refractivity (Wildman–Crippen MR) is 76.6 cm³/mol. The number of rotatable bonds is 5. The fourth-order valence-electron chi connectivity index (χ4n) is 1.69. The van der Waals surface area contributed by atoms with E-state index in [1.165, 1.54) is 0 Å². The summed E-state index contributed by atoms with van der Waals surface area (Å²) in [6, 6.07) is 3.89. The van der Waals surface area contributed by atoms with Gasteiger partial charge in [0.05, 0.1) is 6.20 Å². The second-order valence-corrected chi connectivity index (χ2v) is 4.15. The Balaban J connectivity index is 2.37. The van der Waals surface area contributed by atoms with Crippen molar-refractivity contribution in [2.24, 2.45) is 10.1 Å². The number of nitrogens with one attached hydrogen (secondary N) is 1. The second-order valence-electron chi connectivity index (χ2n) is 4.15. The molecular weight excluding hydrogens is 252 g/mol. The van der Waals surface area contributed by atoms with Crippen LogP contribution in [0.2, 0.25) is 0 Å². The third kappa shape index (κ3) is 3.09. The molecule has 0 amide bonds. The molecule has 2 aromatic rings. The van der Waals surface area contributed by atoms with Gasteiger partial charge in [0, 0.05) is 23.9 Å². The molecule has 0 fully saturated rings. The van der Waals surface area contributed by atoms with Gasteiger partial charge in [-0.3, -0.25) is 4.99 Å². The van der Waals surface area contributed by atoms with E-state index in [1.54, 1.807) is 12.4 Å². The SMILES string of the molecule is CCC=Nc1cnc(-c2cc[n+](CC)cc2)nc1N=N. The summed E-state index contributed by atoms with van der Waals surface area (Å²) in [6.45, 7) is 4.98. The largest absolute Gasteiger partial charge is 0.256 e. The molecular formula is C14H17N6+. The average molecular weight is 269 g/mol. The number of nitrogens with zero attached hydrogens (tertiary/aromatic N) is 5. The van der Waals surface area contributed by atoms with E-state index in [2.05, 4.69) is 31.6 Å². The Morgan fingerprint density at radius 2 is 2.05 bits per heavy atom. The van der Waals surface area contributed by atoms with E-state index < -0.39 is 0 Å². The highest BCUT2D eigenvalue weighted by Gasteiger charge is 2.08. The fourth-order valence-corrected chi connectivity index (χ4v) is 1.69. The molecule has 20 heavy (non-hydrogen) atoms. The number of hydrogen-bond acceptors (Lipinski definition) is 5. The molecule has 6 nitrogen and oxygen atoms in total. The highest BCUT2D eigenvalue weighted by molar-refractivity contribution is 5.69. The molecule has 0 saturated heterocycles. The monoisotopic (exact) mass is 269 g/mol. The van der Waals surface area contributed by atoms with Gasteiger partial charge in [-0.15, -0.1) is 5.11 Å². The first kappa shape index (κ1) is 13.9. The third-order valence-corrected chi connectivity index (χ3v) is 2.78. The molecule has 1 N–H and O–H groups in total. The van der Waals surface area contributed by atoms with Crippen LogP contribution in [0, 0.1) is 5.53 Å². The maximum Gasteiger partial charge on any atom is 0.203 e. The Labute approximate surface area is 117 Å². The molecule has 102 valence electrons. The van der Waals surface area contributed by atoms with Crippen LogP contribution in [0.5, 0.6) is 0 Å². The second kappa shape index (κ2) is 6.60. The van der Waals surface area contributed by atoms with Crippen LogP contribution in [0.3, 0.4) is 0 Å². The van der Waals surface area contributed by atoms with E-state index in [-0.39, 0.29) is 5.82 Å². The van der Waals surface area contributed by atoms with Crippen molar-refractivity contribution in [3.8, 4) is 11.4 Å². The van der Waals surface area contributed by atoms with Crippen molar-refractivity contribution in [3.63, 3.8) is 0 Å². The van der Waals surface area contributed by atoms with Gasteiger partial charge in [0.15, 0.2) is 18.2 Å². The molecule has 2 heterocycles. The number of aliphatic imine (C=N–C) groups is 1. The summed E-state index contributed by atoms with van der Waals surface area (Å²) in [5, 5.41) is 3.42. The van der Waals surface area contributed by atoms with Crippen molar-refractivity contribution in [3.05, 3.63) is 30.7 Å². The highest BCUT2D eigenvalue weighted by Crippen LogP contribution is 2.26. The van der Waals surface area contributed by atoms with Crippen molar-refractivity contribution in [2.75, 3.05) is 0 Å². The minimum absolute atomic E-state index is 0.284. The van der Waals surface area contributed by atoms with Gasteiger partial charge in [-0.25, -0.2) is 20.1 Å². The Bertz CT molecular complexity index is 618. The number of hydrogen-bond donors (Lipinski definition) is 1. The number of aryl methyl sites for hydroxylation is 1. The van der Waals surface area contributed by atoms with E-state index in [9.17, 15) is 0 Å². The van der Waals surface area contributed by atoms with Gasteiger partial charge < -0.3 is 0 Å². The first-order valence-electron chi connectivity index (χ1n) is 6.55. The van der Waals surface area contributed by atoms with Crippen LogP contribution in [0.4, 0.5) is 11.5 Å². The zero-order valence-corrected chi connectivity index (χ0v) is 11.6. The Kier molecular flexibility index (Phi) is 4.60. The van der Waals surface area contributed by atoms with E-state index in [0.29, 0.717) is 11.5 Å². The van der Waals surface area contributed by atoms with E-state index in [4.69, 9.17) is 5.53 Å². The van der Waals surface area contributed by atoms with Gasteiger partial charge in [0.25, 0.3) is 0 Å². The average Bonchev–Trinajstić information content (AvgIpc) is 2.52. The normalized spacial score (nSPS) is 10.9. The van der Waals surface area contributed by atoms with E-state index in [1.807, 2.05) is 31.5 Å². The Morgan fingerprint density at radius 1 is 1.30 bits per heavy atom. The minimum Gasteiger partial charge on any atom is -0.256 e. The maximum absolute atomic E-state index is 7.20. The highest BCUT2D eigenvalue weighted by atomic mass is 15.1. The summed E-state index contributed by atoms with van der Waals surface area (Å²) >= 11 is 0. The van der Waals surface area contributed by atoms with Gasteiger partial charge in [-0.05, 0) is 13.3 Å². The molecule has 0 radical (unpaired) electrons. The molecule has 0 bridgehead atoms. The summed E-state index contributed by atoms with van der Waals surface area (Å²) in [7, 11) is 0. The molecule has 0 aromatic carbocycles. The van der Waals surface area contributed by atoms with Gasteiger partial charge in [-0.1, -0.05) is 6.92 Å². The molecule has 0 unspecified atom stereocenters.